The van der Waals surface area contributed by atoms with Crippen LogP contribution in [0.25, 0.3) is 0 Å². The number of rotatable bonds is 1. The Morgan fingerprint density at radius 2 is 2.13 bits per heavy atom. The zero-order valence-corrected chi connectivity index (χ0v) is 9.13. The van der Waals surface area contributed by atoms with Crippen LogP contribution in [0.3, 0.4) is 0 Å². The van der Waals surface area contributed by atoms with Crippen molar-refractivity contribution < 1.29 is 17.9 Å². The highest BCUT2D eigenvalue weighted by atomic mass is 127. The fourth-order valence-electron chi connectivity index (χ4n) is 0.795. The zero-order chi connectivity index (χ0) is 11.6. The number of alkyl halides is 3. The molecule has 0 unspecified atom stereocenters. The summed E-state index contributed by atoms with van der Waals surface area (Å²) in [6, 6.07) is 2.68. The van der Waals surface area contributed by atoms with E-state index in [0.29, 0.717) is 0 Å². The van der Waals surface area contributed by atoms with Crippen LogP contribution in [0, 0.1) is 15.0 Å². The predicted octanol–water partition coefficient (Wildman–Crippen LogP) is 2.04. The Hall–Kier alpha value is -1.24. The lowest BCUT2D eigenvalue weighted by Gasteiger charge is -2.12. The van der Waals surface area contributed by atoms with Crippen molar-refractivity contribution in [3.8, 4) is 11.8 Å². The Morgan fingerprint density at radius 1 is 1.53 bits per heavy atom. The first-order chi connectivity index (χ1) is 6.83. The third-order valence-corrected chi connectivity index (χ3v) is 2.02. The second-order valence-electron chi connectivity index (χ2n) is 2.38. The Labute approximate surface area is 96.0 Å². The molecule has 0 saturated heterocycles. The largest absolute Gasteiger partial charge is 0.573 e. The summed E-state index contributed by atoms with van der Waals surface area (Å²) in [6.45, 7) is 0. The quantitative estimate of drug-likeness (QED) is 0.632. The van der Waals surface area contributed by atoms with E-state index in [1.807, 2.05) is 0 Å². The Balaban J connectivity index is 3.16. The fraction of sp³-hybridized carbons (Fsp3) is 0.143. The van der Waals surface area contributed by atoms with E-state index in [1.54, 1.807) is 6.07 Å². The van der Waals surface area contributed by atoms with Crippen molar-refractivity contribution in [2.45, 2.75) is 6.36 Å². The molecule has 0 aliphatic heterocycles. The second kappa shape index (κ2) is 4.09. The molecule has 0 fully saturated rings. The Bertz CT molecular complexity index is 403. The number of pyridine rings is 1. The molecule has 0 spiro atoms. The molecule has 1 aromatic heterocycles. The summed E-state index contributed by atoms with van der Waals surface area (Å²) in [4.78, 5) is 3.56. The van der Waals surface area contributed by atoms with Gasteiger partial charge in [0.05, 0.1) is 5.69 Å². The van der Waals surface area contributed by atoms with Crippen LogP contribution in [0.4, 0.5) is 18.9 Å². The number of ether oxygens (including phenoxy) is 1. The molecule has 0 aliphatic carbocycles. The van der Waals surface area contributed by atoms with Gasteiger partial charge in [0.1, 0.15) is 15.5 Å². The predicted molar refractivity (Wildman–Crippen MR) is 52.8 cm³/mol. The number of hydrogen-bond acceptors (Lipinski definition) is 4. The fourth-order valence-corrected chi connectivity index (χ4v) is 1.48. The van der Waals surface area contributed by atoms with Crippen molar-refractivity contribution in [2.75, 3.05) is 5.73 Å². The third kappa shape index (κ3) is 3.12. The van der Waals surface area contributed by atoms with Crippen LogP contribution in [-0.4, -0.2) is 11.3 Å². The van der Waals surface area contributed by atoms with E-state index in [1.165, 1.54) is 22.6 Å². The minimum Gasteiger partial charge on any atom is -0.401 e. The molecule has 1 aromatic rings. The highest BCUT2D eigenvalue weighted by Crippen LogP contribution is 2.32. The number of hydrogen-bond donors (Lipinski definition) is 1. The molecule has 8 heteroatoms. The smallest absolute Gasteiger partial charge is 0.401 e. The first-order valence-electron chi connectivity index (χ1n) is 3.45. The SMILES string of the molecule is N#Cc1cc(N)c(OC(F)(F)F)c(I)n1. The van der Waals surface area contributed by atoms with Gasteiger partial charge < -0.3 is 10.5 Å². The molecule has 15 heavy (non-hydrogen) atoms. The summed E-state index contributed by atoms with van der Waals surface area (Å²) in [7, 11) is 0. The van der Waals surface area contributed by atoms with E-state index in [4.69, 9.17) is 11.0 Å². The molecule has 4 nitrogen and oxygen atoms in total. The topological polar surface area (TPSA) is 71.9 Å². The van der Waals surface area contributed by atoms with Gasteiger partial charge in [-0.1, -0.05) is 0 Å². The molecule has 0 atom stereocenters. The lowest BCUT2D eigenvalue weighted by atomic mass is 10.3. The van der Waals surface area contributed by atoms with Crippen molar-refractivity contribution in [3.05, 3.63) is 15.5 Å². The van der Waals surface area contributed by atoms with Crippen LogP contribution in [0.15, 0.2) is 6.07 Å². The van der Waals surface area contributed by atoms with E-state index >= 15 is 0 Å². The highest BCUT2D eigenvalue weighted by molar-refractivity contribution is 14.1. The molecule has 0 aromatic carbocycles. The first-order valence-corrected chi connectivity index (χ1v) is 4.53. The van der Waals surface area contributed by atoms with Gasteiger partial charge in [0.15, 0.2) is 5.75 Å². The van der Waals surface area contributed by atoms with Gasteiger partial charge in [-0.05, 0) is 22.6 Å². The molecule has 0 radical (unpaired) electrons. The summed E-state index contributed by atoms with van der Waals surface area (Å²) >= 11 is 1.51. The normalized spacial score (nSPS) is 10.9. The van der Waals surface area contributed by atoms with Gasteiger partial charge >= 0.3 is 6.36 Å². The first kappa shape index (κ1) is 11.8. The van der Waals surface area contributed by atoms with Crippen molar-refractivity contribution >= 4 is 28.3 Å². The average molecular weight is 329 g/mol. The maximum absolute atomic E-state index is 11.9. The summed E-state index contributed by atoms with van der Waals surface area (Å²) < 4.78 is 39.3. The van der Waals surface area contributed by atoms with Gasteiger partial charge in [-0.2, -0.15) is 5.26 Å². The number of nitrogens with zero attached hydrogens (tertiary/aromatic N) is 2. The van der Waals surface area contributed by atoms with Gasteiger partial charge in [-0.15, -0.1) is 13.2 Å². The van der Waals surface area contributed by atoms with Gasteiger partial charge in [0, 0.05) is 6.07 Å². The standard InChI is InChI=1S/C7H3F3IN3O/c8-7(9,10)15-5-4(13)1-3(2-12)14-6(5)11/h1H,(H2,13,14). The maximum atomic E-state index is 11.9. The molecule has 0 saturated carbocycles. The summed E-state index contributed by atoms with van der Waals surface area (Å²) in [5, 5.41) is 8.48. The molecule has 2 N–H and O–H groups in total. The van der Waals surface area contributed by atoms with Crippen molar-refractivity contribution in [2.24, 2.45) is 0 Å². The lowest BCUT2D eigenvalue weighted by molar-refractivity contribution is -0.274. The Morgan fingerprint density at radius 3 is 2.53 bits per heavy atom. The van der Waals surface area contributed by atoms with Crippen LogP contribution in [-0.2, 0) is 0 Å². The van der Waals surface area contributed by atoms with E-state index in [9.17, 15) is 13.2 Å². The van der Waals surface area contributed by atoms with Crippen molar-refractivity contribution in [1.82, 2.24) is 4.98 Å². The number of anilines is 1. The van der Waals surface area contributed by atoms with E-state index in [2.05, 4.69) is 9.72 Å². The number of nitrogens with two attached hydrogens (primary N) is 1. The molecule has 1 rings (SSSR count). The molecule has 1 heterocycles. The zero-order valence-electron chi connectivity index (χ0n) is 6.97. The van der Waals surface area contributed by atoms with Gasteiger partial charge in [0.2, 0.25) is 0 Å². The van der Waals surface area contributed by atoms with Crippen LogP contribution >= 0.6 is 22.6 Å². The van der Waals surface area contributed by atoms with Crippen LogP contribution in [0.5, 0.6) is 5.75 Å². The monoisotopic (exact) mass is 329 g/mol. The lowest BCUT2D eigenvalue weighted by Crippen LogP contribution is -2.19. The van der Waals surface area contributed by atoms with Crippen molar-refractivity contribution in [3.63, 3.8) is 0 Å². The molecule has 0 amide bonds. The average Bonchev–Trinajstić information content (AvgIpc) is 2.09. The number of halogens is 4. The minimum absolute atomic E-state index is 0.0635. The summed E-state index contributed by atoms with van der Waals surface area (Å²) in [6.07, 6.45) is -4.83. The minimum atomic E-state index is -4.83. The van der Waals surface area contributed by atoms with E-state index in [0.717, 1.165) is 6.07 Å². The Kier molecular flexibility index (Phi) is 3.23. The molecular formula is C7H3F3IN3O. The molecule has 0 bridgehead atoms. The number of nitriles is 1. The van der Waals surface area contributed by atoms with Crippen LogP contribution in [0.1, 0.15) is 5.69 Å². The number of aromatic nitrogens is 1. The van der Waals surface area contributed by atoms with Gasteiger partial charge in [-0.25, -0.2) is 4.98 Å². The third-order valence-electron chi connectivity index (χ3n) is 1.29. The van der Waals surface area contributed by atoms with Crippen molar-refractivity contribution in [1.29, 1.82) is 5.26 Å². The molecule has 0 aliphatic rings. The van der Waals surface area contributed by atoms with Gasteiger partial charge in [-0.3, -0.25) is 0 Å². The summed E-state index contributed by atoms with van der Waals surface area (Å²) in [5.74, 6) is -0.581. The van der Waals surface area contributed by atoms with E-state index in [-0.39, 0.29) is 15.1 Å². The van der Waals surface area contributed by atoms with Gasteiger partial charge in [0.25, 0.3) is 0 Å². The number of nitrogen functional groups attached to an aromatic ring is 1. The molecular weight excluding hydrogens is 326 g/mol. The maximum Gasteiger partial charge on any atom is 0.573 e. The molecule has 80 valence electrons. The van der Waals surface area contributed by atoms with Crippen LogP contribution < -0.4 is 10.5 Å². The summed E-state index contributed by atoms with van der Waals surface area (Å²) in [5.41, 5.74) is 4.95. The van der Waals surface area contributed by atoms with Crippen LogP contribution in [0.2, 0.25) is 0 Å². The van der Waals surface area contributed by atoms with E-state index < -0.39 is 12.1 Å². The highest BCUT2D eigenvalue weighted by Gasteiger charge is 2.33. The second-order valence-corrected chi connectivity index (χ2v) is 3.40.